The maximum Gasteiger partial charge on any atom is 0.331 e. The molecule has 0 bridgehead atoms. The van der Waals surface area contributed by atoms with Crippen molar-refractivity contribution in [1.82, 2.24) is 0 Å². The highest BCUT2D eigenvalue weighted by molar-refractivity contribution is 5.91. The summed E-state index contributed by atoms with van der Waals surface area (Å²) < 4.78 is 11.0. The molecular weight excluding hydrogens is 392 g/mol. The van der Waals surface area contributed by atoms with Crippen molar-refractivity contribution in [2.75, 3.05) is 0 Å². The summed E-state index contributed by atoms with van der Waals surface area (Å²) in [5, 5.41) is 10.2. The van der Waals surface area contributed by atoms with Crippen LogP contribution >= 0.6 is 0 Å². The molecular formula is C26H26O5. The van der Waals surface area contributed by atoms with Gasteiger partial charge in [-0.25, -0.2) is 4.79 Å². The zero-order chi connectivity index (χ0) is 22.8. The molecule has 1 saturated carbocycles. The molecule has 5 heteroatoms. The Labute approximate surface area is 182 Å². The van der Waals surface area contributed by atoms with Crippen molar-refractivity contribution < 1.29 is 24.2 Å². The summed E-state index contributed by atoms with van der Waals surface area (Å²) in [5.41, 5.74) is 0.0289. The van der Waals surface area contributed by atoms with Crippen molar-refractivity contribution in [3.05, 3.63) is 71.3 Å². The molecule has 2 atom stereocenters. The van der Waals surface area contributed by atoms with Crippen LogP contribution in [0.4, 0.5) is 0 Å². The van der Waals surface area contributed by atoms with E-state index in [0.717, 1.165) is 5.57 Å². The van der Waals surface area contributed by atoms with E-state index in [1.165, 1.54) is 0 Å². The molecule has 1 aliphatic rings. The lowest BCUT2D eigenvalue weighted by atomic mass is 9.75. The van der Waals surface area contributed by atoms with Crippen LogP contribution in [0.15, 0.2) is 65.7 Å². The fourth-order valence-corrected chi connectivity index (χ4v) is 4.47. The first-order valence-corrected chi connectivity index (χ1v) is 10.0. The SMILES string of the molecule is C#COC(=O)C(C(=C(C)C)C1(C(=O)O)CC1(C)C)c1ccccc1Oc1ccccc1. The van der Waals surface area contributed by atoms with E-state index in [0.29, 0.717) is 29.1 Å². The van der Waals surface area contributed by atoms with Gasteiger partial charge < -0.3 is 14.6 Å². The van der Waals surface area contributed by atoms with Gasteiger partial charge in [-0.2, -0.15) is 0 Å². The highest BCUT2D eigenvalue weighted by atomic mass is 16.5. The highest BCUT2D eigenvalue weighted by Crippen LogP contribution is 2.70. The van der Waals surface area contributed by atoms with Gasteiger partial charge in [0.15, 0.2) is 0 Å². The number of hydrogen-bond acceptors (Lipinski definition) is 4. The van der Waals surface area contributed by atoms with Crippen molar-refractivity contribution in [1.29, 1.82) is 0 Å². The third kappa shape index (κ3) is 3.94. The van der Waals surface area contributed by atoms with E-state index in [2.05, 4.69) is 0 Å². The van der Waals surface area contributed by atoms with Gasteiger partial charge in [0.2, 0.25) is 0 Å². The molecule has 1 fully saturated rings. The second kappa shape index (κ2) is 8.31. The van der Waals surface area contributed by atoms with E-state index in [-0.39, 0.29) is 0 Å². The second-order valence-electron chi connectivity index (χ2n) is 8.61. The summed E-state index contributed by atoms with van der Waals surface area (Å²) in [4.78, 5) is 25.6. The molecule has 0 amide bonds. The van der Waals surface area contributed by atoms with E-state index in [1.807, 2.05) is 52.0 Å². The first-order chi connectivity index (χ1) is 14.7. The first kappa shape index (κ1) is 22.2. The van der Waals surface area contributed by atoms with E-state index < -0.39 is 28.7 Å². The number of carbonyl (C=O) groups excluding carboxylic acids is 1. The smallest absolute Gasteiger partial charge is 0.331 e. The second-order valence-corrected chi connectivity index (χ2v) is 8.61. The molecule has 160 valence electrons. The summed E-state index contributed by atoms with van der Waals surface area (Å²) in [5.74, 6) is -1.65. The lowest BCUT2D eigenvalue weighted by molar-refractivity contribution is -0.143. The highest BCUT2D eigenvalue weighted by Gasteiger charge is 2.70. The Bertz CT molecular complexity index is 1070. The molecule has 0 spiro atoms. The number of carboxylic acid groups (broad SMARTS) is 1. The molecule has 5 nitrogen and oxygen atoms in total. The van der Waals surface area contributed by atoms with Crippen molar-refractivity contribution in [3.63, 3.8) is 0 Å². The van der Waals surface area contributed by atoms with Crippen LogP contribution in [-0.4, -0.2) is 17.0 Å². The summed E-state index contributed by atoms with van der Waals surface area (Å²) in [7, 11) is 0. The molecule has 0 radical (unpaired) electrons. The summed E-state index contributed by atoms with van der Waals surface area (Å²) in [6.45, 7) is 7.40. The Hall–Kier alpha value is -3.52. The van der Waals surface area contributed by atoms with Crippen LogP contribution in [0, 0.1) is 23.4 Å². The maximum atomic E-state index is 13.2. The monoisotopic (exact) mass is 418 g/mol. The van der Waals surface area contributed by atoms with Crippen molar-refractivity contribution >= 4 is 11.9 Å². The van der Waals surface area contributed by atoms with Gasteiger partial charge in [-0.05, 0) is 49.5 Å². The number of carboxylic acids is 1. The minimum absolute atomic E-state index is 0.414. The Morgan fingerprint density at radius 1 is 1.06 bits per heavy atom. The lowest BCUT2D eigenvalue weighted by Crippen LogP contribution is -2.31. The number of para-hydroxylation sites is 2. The van der Waals surface area contributed by atoms with Gasteiger partial charge >= 0.3 is 11.9 Å². The predicted octanol–water partition coefficient (Wildman–Crippen LogP) is 5.53. The fraction of sp³-hybridized carbons (Fsp3) is 0.308. The number of benzene rings is 2. The molecule has 0 aliphatic heterocycles. The van der Waals surface area contributed by atoms with E-state index in [9.17, 15) is 14.7 Å². The molecule has 1 N–H and O–H groups in total. The molecule has 0 aromatic heterocycles. The van der Waals surface area contributed by atoms with Crippen LogP contribution in [-0.2, 0) is 14.3 Å². The number of ether oxygens (including phenoxy) is 2. The van der Waals surface area contributed by atoms with Crippen LogP contribution < -0.4 is 4.74 Å². The average molecular weight is 418 g/mol. The zero-order valence-corrected chi connectivity index (χ0v) is 18.1. The van der Waals surface area contributed by atoms with Gasteiger partial charge in [0.25, 0.3) is 0 Å². The maximum absolute atomic E-state index is 13.2. The quantitative estimate of drug-likeness (QED) is 0.363. The molecule has 2 aromatic carbocycles. The van der Waals surface area contributed by atoms with Gasteiger partial charge in [0.05, 0.1) is 5.41 Å². The molecule has 2 aromatic rings. The largest absolute Gasteiger partial charge is 0.481 e. The third-order valence-electron chi connectivity index (χ3n) is 5.99. The number of esters is 1. The first-order valence-electron chi connectivity index (χ1n) is 10.0. The van der Waals surface area contributed by atoms with Crippen LogP contribution in [0.3, 0.4) is 0 Å². The fourth-order valence-electron chi connectivity index (χ4n) is 4.47. The van der Waals surface area contributed by atoms with E-state index in [1.54, 1.807) is 36.4 Å². The number of hydrogen-bond donors (Lipinski definition) is 1. The molecule has 2 unspecified atom stereocenters. The Kier molecular flexibility index (Phi) is 5.94. The van der Waals surface area contributed by atoms with Gasteiger partial charge in [0, 0.05) is 5.56 Å². The average Bonchev–Trinajstić information content (AvgIpc) is 3.30. The topological polar surface area (TPSA) is 72.8 Å². The summed E-state index contributed by atoms with van der Waals surface area (Å²) >= 11 is 0. The van der Waals surface area contributed by atoms with Crippen molar-refractivity contribution in [3.8, 4) is 24.0 Å². The van der Waals surface area contributed by atoms with Crippen molar-refractivity contribution in [2.24, 2.45) is 10.8 Å². The lowest BCUT2D eigenvalue weighted by Gasteiger charge is -2.29. The third-order valence-corrected chi connectivity index (χ3v) is 5.99. The number of allylic oxidation sites excluding steroid dienone is 1. The normalized spacial score (nSPS) is 19.5. The molecule has 1 aliphatic carbocycles. The van der Waals surface area contributed by atoms with Gasteiger partial charge in [-0.3, -0.25) is 4.79 Å². The Morgan fingerprint density at radius 2 is 1.65 bits per heavy atom. The zero-order valence-electron chi connectivity index (χ0n) is 18.1. The summed E-state index contributed by atoms with van der Waals surface area (Å²) in [6, 6.07) is 16.2. The predicted molar refractivity (Wildman–Crippen MR) is 117 cm³/mol. The van der Waals surface area contributed by atoms with E-state index >= 15 is 0 Å². The number of carbonyl (C=O) groups is 2. The van der Waals surface area contributed by atoms with Crippen LogP contribution in [0.5, 0.6) is 11.5 Å². The molecule has 31 heavy (non-hydrogen) atoms. The van der Waals surface area contributed by atoms with Gasteiger partial charge in [0.1, 0.15) is 23.5 Å². The van der Waals surface area contributed by atoms with Crippen LogP contribution in [0.2, 0.25) is 0 Å². The minimum Gasteiger partial charge on any atom is -0.481 e. The number of aliphatic carboxylic acids is 1. The minimum atomic E-state index is -1.19. The molecule has 0 heterocycles. The van der Waals surface area contributed by atoms with Crippen molar-refractivity contribution in [2.45, 2.75) is 40.0 Å². The molecule has 3 rings (SSSR count). The summed E-state index contributed by atoms with van der Waals surface area (Å²) in [6.07, 6.45) is 7.62. The van der Waals surface area contributed by atoms with Crippen LogP contribution in [0.25, 0.3) is 0 Å². The van der Waals surface area contributed by atoms with Crippen LogP contribution in [0.1, 0.15) is 45.6 Å². The standard InChI is InChI=1S/C26H26O5/c1-6-30-23(27)21(22(17(2)3)26(24(28)29)16-25(26,4)5)19-14-10-11-15-20(19)31-18-12-8-7-9-13-18/h1,7-15,21H,16H2,2-5H3,(H,28,29). The van der Waals surface area contributed by atoms with E-state index in [4.69, 9.17) is 15.9 Å². The Morgan fingerprint density at radius 3 is 2.16 bits per heavy atom. The van der Waals surface area contributed by atoms with Gasteiger partial charge in [-0.1, -0.05) is 62.2 Å². The Balaban J connectivity index is 2.20. The van der Waals surface area contributed by atoms with Gasteiger partial charge in [-0.15, -0.1) is 0 Å². The molecule has 0 saturated heterocycles. The number of terminal acetylenes is 1. The number of rotatable bonds is 7.